The molecule has 4 heterocycles. The number of ether oxygens (including phenoxy) is 4. The van der Waals surface area contributed by atoms with Crippen LogP contribution in [0.3, 0.4) is 0 Å². The minimum atomic E-state index is -0.919. The molecule has 1 unspecified atom stereocenters. The highest BCUT2D eigenvalue weighted by molar-refractivity contribution is 8.00. The number of hydrogen-bond donors (Lipinski definition) is 3. The van der Waals surface area contributed by atoms with Gasteiger partial charge in [-0.05, 0) is 38.6 Å². The SMILES string of the molecule is CC(C)(C)C(=O)OCOC(=S)C1=C(C2COCOC2)CS[C@@H]2C(NC(=O)/C(=N\O)c3csc(N)n3)C(=O)N12. The Hall–Kier alpha value is -2.79. The van der Waals surface area contributed by atoms with Gasteiger partial charge in [0.2, 0.25) is 11.8 Å². The number of carbonyl (C=O) groups is 3. The first-order valence-corrected chi connectivity index (χ1v) is 13.8. The Morgan fingerprint density at radius 2 is 2.05 bits per heavy atom. The van der Waals surface area contributed by atoms with Gasteiger partial charge in [-0.15, -0.1) is 23.1 Å². The van der Waals surface area contributed by atoms with E-state index in [0.29, 0.717) is 24.7 Å². The van der Waals surface area contributed by atoms with E-state index < -0.39 is 41.4 Å². The molecule has 4 N–H and O–H groups in total. The van der Waals surface area contributed by atoms with Crippen molar-refractivity contribution in [3.05, 3.63) is 22.3 Å². The van der Waals surface area contributed by atoms with Crippen molar-refractivity contribution in [1.29, 1.82) is 0 Å². The number of esters is 1. The minimum Gasteiger partial charge on any atom is -0.445 e. The predicted molar refractivity (Wildman–Crippen MR) is 141 cm³/mol. The number of β-lactam (4-membered cyclic amide) rings is 1. The molecule has 13 nitrogen and oxygen atoms in total. The normalized spacial score (nSPS) is 22.4. The number of rotatable bonds is 7. The van der Waals surface area contributed by atoms with E-state index >= 15 is 0 Å². The predicted octanol–water partition coefficient (Wildman–Crippen LogP) is 1.07. The molecule has 38 heavy (non-hydrogen) atoms. The molecule has 4 rings (SSSR count). The van der Waals surface area contributed by atoms with E-state index in [4.69, 9.17) is 36.9 Å². The van der Waals surface area contributed by atoms with Crippen molar-refractivity contribution in [1.82, 2.24) is 15.2 Å². The molecule has 3 aliphatic rings. The van der Waals surface area contributed by atoms with E-state index in [-0.39, 0.29) is 34.3 Å². The number of thiazole rings is 1. The Bertz CT molecular complexity index is 1190. The zero-order valence-electron chi connectivity index (χ0n) is 20.8. The van der Waals surface area contributed by atoms with Crippen LogP contribution in [0.1, 0.15) is 26.5 Å². The molecule has 2 amide bonds. The van der Waals surface area contributed by atoms with Crippen LogP contribution in [0.15, 0.2) is 21.8 Å². The number of anilines is 1. The lowest BCUT2D eigenvalue weighted by atomic mass is 9.95. The number of amides is 2. The van der Waals surface area contributed by atoms with Crippen LogP contribution < -0.4 is 11.1 Å². The van der Waals surface area contributed by atoms with Crippen molar-refractivity contribution < 1.29 is 38.5 Å². The molecule has 0 spiro atoms. The number of thiocarbonyl (C=S) groups is 1. The zero-order chi connectivity index (χ0) is 27.6. The number of thioether (sulfide) groups is 1. The fourth-order valence-electron chi connectivity index (χ4n) is 3.87. The van der Waals surface area contributed by atoms with Crippen LogP contribution in [0.25, 0.3) is 0 Å². The third-order valence-electron chi connectivity index (χ3n) is 5.85. The van der Waals surface area contributed by atoms with Crippen LogP contribution in [0, 0.1) is 11.3 Å². The first-order chi connectivity index (χ1) is 18.0. The Labute approximate surface area is 231 Å². The molecule has 0 aromatic carbocycles. The Balaban J connectivity index is 1.51. The maximum Gasteiger partial charge on any atom is 0.314 e. The maximum absolute atomic E-state index is 13.3. The zero-order valence-corrected chi connectivity index (χ0v) is 23.2. The van der Waals surface area contributed by atoms with Gasteiger partial charge < -0.3 is 35.2 Å². The van der Waals surface area contributed by atoms with Crippen LogP contribution >= 0.6 is 35.3 Å². The molecule has 2 atom stereocenters. The third kappa shape index (κ3) is 5.78. The lowest BCUT2D eigenvalue weighted by Gasteiger charge is -2.51. The molecule has 0 aliphatic carbocycles. The van der Waals surface area contributed by atoms with E-state index in [1.165, 1.54) is 22.0 Å². The first kappa shape index (κ1) is 28.2. The van der Waals surface area contributed by atoms with Gasteiger partial charge in [0, 0.05) is 17.1 Å². The molecule has 206 valence electrons. The van der Waals surface area contributed by atoms with Gasteiger partial charge in [-0.25, -0.2) is 4.98 Å². The standard InChI is InChI=1S/C22H27N5O8S3/c1-22(2,3)20(30)35-9-34-19(36)15-11(10-4-32-8-33-5-10)6-37-18-14(17(29)27(15)18)25-16(28)13(26-31)12-7-38-21(23)24-12/h7,10,14,18,31H,4-6,8-9H2,1-3H3,(H2,23,24)(H,25,28)/b26-13-/t14?,18-/m1/s1. The summed E-state index contributed by atoms with van der Waals surface area (Å²) >= 11 is 8.03. The molecule has 2 fully saturated rings. The quantitative estimate of drug-likeness (QED) is 0.0791. The van der Waals surface area contributed by atoms with Gasteiger partial charge in [-0.3, -0.25) is 19.3 Å². The van der Waals surface area contributed by atoms with Gasteiger partial charge in [-0.2, -0.15) is 0 Å². The van der Waals surface area contributed by atoms with Crippen molar-refractivity contribution in [2.45, 2.75) is 32.2 Å². The average molecular weight is 586 g/mol. The molecule has 0 saturated carbocycles. The van der Waals surface area contributed by atoms with Gasteiger partial charge in [0.1, 0.15) is 23.9 Å². The Kier molecular flexibility index (Phi) is 8.56. The van der Waals surface area contributed by atoms with Crippen molar-refractivity contribution in [3.63, 3.8) is 0 Å². The molecule has 0 bridgehead atoms. The minimum absolute atomic E-state index is 0.0220. The topological polar surface area (TPSA) is 175 Å². The Morgan fingerprint density at radius 1 is 1.34 bits per heavy atom. The summed E-state index contributed by atoms with van der Waals surface area (Å²) in [6.45, 7) is 5.64. The summed E-state index contributed by atoms with van der Waals surface area (Å²) in [4.78, 5) is 43.6. The second-order valence-electron chi connectivity index (χ2n) is 9.54. The average Bonchev–Trinajstić information content (AvgIpc) is 3.32. The lowest BCUT2D eigenvalue weighted by Crippen LogP contribution is -2.71. The van der Waals surface area contributed by atoms with Crippen molar-refractivity contribution >= 4 is 69.0 Å². The summed E-state index contributed by atoms with van der Waals surface area (Å²) in [6, 6.07) is -0.919. The van der Waals surface area contributed by atoms with E-state index in [9.17, 15) is 19.6 Å². The molecule has 1 aromatic heterocycles. The van der Waals surface area contributed by atoms with Crippen molar-refractivity contribution in [3.8, 4) is 0 Å². The monoisotopic (exact) mass is 585 g/mol. The summed E-state index contributed by atoms with van der Waals surface area (Å²) in [5, 5.41) is 16.2. The molecule has 3 aliphatic heterocycles. The van der Waals surface area contributed by atoms with Gasteiger partial charge in [-0.1, -0.05) is 5.16 Å². The van der Waals surface area contributed by atoms with Crippen LogP contribution in [0.4, 0.5) is 5.13 Å². The van der Waals surface area contributed by atoms with Crippen LogP contribution in [0.2, 0.25) is 0 Å². The van der Waals surface area contributed by atoms with E-state index in [1.807, 2.05) is 0 Å². The number of nitrogens with two attached hydrogens (primary N) is 1. The second-order valence-corrected chi connectivity index (χ2v) is 11.9. The molecule has 0 radical (unpaired) electrons. The highest BCUT2D eigenvalue weighted by Gasteiger charge is 2.54. The first-order valence-electron chi connectivity index (χ1n) is 11.4. The summed E-state index contributed by atoms with van der Waals surface area (Å²) < 4.78 is 21.7. The molecule has 2 saturated heterocycles. The van der Waals surface area contributed by atoms with E-state index in [2.05, 4.69) is 15.5 Å². The Morgan fingerprint density at radius 3 is 2.66 bits per heavy atom. The summed E-state index contributed by atoms with van der Waals surface area (Å²) in [5.41, 5.74) is 5.78. The van der Waals surface area contributed by atoms with Crippen LogP contribution in [0.5, 0.6) is 0 Å². The number of nitrogen functional groups attached to an aromatic ring is 1. The highest BCUT2D eigenvalue weighted by atomic mass is 32.2. The number of nitrogens with zero attached hydrogens (tertiary/aromatic N) is 3. The molecular weight excluding hydrogens is 558 g/mol. The molecular formula is C22H27N5O8S3. The molecule has 1 aromatic rings. The van der Waals surface area contributed by atoms with Gasteiger partial charge in [0.25, 0.3) is 11.8 Å². The highest BCUT2D eigenvalue weighted by Crippen LogP contribution is 2.43. The van der Waals surface area contributed by atoms with Gasteiger partial charge in [0.05, 0.1) is 24.3 Å². The van der Waals surface area contributed by atoms with Crippen molar-refractivity contribution in [2.24, 2.45) is 16.5 Å². The van der Waals surface area contributed by atoms with Crippen molar-refractivity contribution in [2.75, 3.05) is 38.3 Å². The van der Waals surface area contributed by atoms with Crippen LogP contribution in [-0.4, -0.2) is 87.6 Å². The van der Waals surface area contributed by atoms with Gasteiger partial charge in [0.15, 0.2) is 10.8 Å². The lowest BCUT2D eigenvalue weighted by molar-refractivity contribution is -0.160. The number of carbonyl (C=O) groups excluding carboxylic acids is 3. The third-order valence-corrected chi connectivity index (χ3v) is 8.13. The largest absolute Gasteiger partial charge is 0.445 e. The number of oxime groups is 1. The molecule has 16 heteroatoms. The van der Waals surface area contributed by atoms with Crippen LogP contribution in [-0.2, 0) is 33.3 Å². The number of aromatic nitrogens is 1. The second kappa shape index (κ2) is 11.5. The number of hydrogen-bond acceptors (Lipinski definition) is 14. The summed E-state index contributed by atoms with van der Waals surface area (Å²) in [6.07, 6.45) is 0. The fourth-order valence-corrected chi connectivity index (χ4v) is 6.16. The maximum atomic E-state index is 13.3. The summed E-state index contributed by atoms with van der Waals surface area (Å²) in [7, 11) is 0. The van der Waals surface area contributed by atoms with E-state index in [0.717, 1.165) is 16.9 Å². The number of fused-ring (bicyclic) bond motifs is 1. The smallest absolute Gasteiger partial charge is 0.314 e. The summed E-state index contributed by atoms with van der Waals surface area (Å²) in [5.74, 6) is -1.40. The van der Waals surface area contributed by atoms with E-state index in [1.54, 1.807) is 20.8 Å². The van der Waals surface area contributed by atoms with Gasteiger partial charge >= 0.3 is 5.97 Å². The fraction of sp³-hybridized carbons (Fsp3) is 0.545. The number of nitrogens with one attached hydrogen (secondary N) is 1.